The normalized spacial score (nSPS) is 14.9. The molecule has 1 saturated carbocycles. The van der Waals surface area contributed by atoms with Crippen LogP contribution in [0.1, 0.15) is 56.8 Å². The molecular weight excluding hydrogens is 464 g/mol. The van der Waals surface area contributed by atoms with Crippen molar-refractivity contribution in [1.29, 1.82) is 0 Å². The van der Waals surface area contributed by atoms with Gasteiger partial charge in [-0.2, -0.15) is 4.31 Å². The fourth-order valence-corrected chi connectivity index (χ4v) is 5.00. The average molecular weight is 497 g/mol. The molecule has 0 saturated heterocycles. The van der Waals surface area contributed by atoms with Gasteiger partial charge in [0.1, 0.15) is 6.54 Å². The number of esters is 1. The Kier molecular flexibility index (Phi) is 9.99. The van der Waals surface area contributed by atoms with Crippen molar-refractivity contribution in [1.82, 2.24) is 20.3 Å². The zero-order valence-corrected chi connectivity index (χ0v) is 20.4. The molecule has 1 aromatic rings. The summed E-state index contributed by atoms with van der Waals surface area (Å²) < 4.78 is 31.3. The predicted octanol–water partition coefficient (Wildman–Crippen LogP) is 1.15. The summed E-state index contributed by atoms with van der Waals surface area (Å²) >= 11 is 0. The standard InChI is InChI=1S/C22H32N4O7S/c1-4-26(5-2)34(31,32)18-12-10-16(11-13-18)21(29)23-14-19(27)33-15(3)20(28)25-22(30)24-17-8-6-7-9-17/h10-13,15,17H,4-9,14H2,1-3H3,(H,23,29)(H2,24,25,28,30). The van der Waals surface area contributed by atoms with Gasteiger partial charge in [0, 0.05) is 24.7 Å². The van der Waals surface area contributed by atoms with Gasteiger partial charge in [-0.1, -0.05) is 26.7 Å². The van der Waals surface area contributed by atoms with Crippen LogP contribution in [-0.2, 0) is 24.3 Å². The van der Waals surface area contributed by atoms with Gasteiger partial charge in [-0.3, -0.25) is 19.7 Å². The lowest BCUT2D eigenvalue weighted by Crippen LogP contribution is -2.47. The largest absolute Gasteiger partial charge is 0.451 e. The van der Waals surface area contributed by atoms with Crippen LogP contribution < -0.4 is 16.0 Å². The van der Waals surface area contributed by atoms with Crippen molar-refractivity contribution in [2.75, 3.05) is 19.6 Å². The van der Waals surface area contributed by atoms with Crippen molar-refractivity contribution >= 4 is 33.8 Å². The molecule has 2 rings (SSSR count). The molecule has 0 heterocycles. The lowest BCUT2D eigenvalue weighted by molar-refractivity contribution is -0.153. The lowest BCUT2D eigenvalue weighted by atomic mass is 10.2. The number of sulfonamides is 1. The number of rotatable bonds is 10. The molecule has 0 spiro atoms. The molecule has 1 atom stereocenters. The van der Waals surface area contributed by atoms with Crippen LogP contribution >= 0.6 is 0 Å². The molecule has 188 valence electrons. The van der Waals surface area contributed by atoms with Crippen molar-refractivity contribution in [3.63, 3.8) is 0 Å². The molecule has 0 aliphatic heterocycles. The van der Waals surface area contributed by atoms with Gasteiger partial charge in [0.05, 0.1) is 4.90 Å². The fraction of sp³-hybridized carbons (Fsp3) is 0.545. The molecule has 0 bridgehead atoms. The van der Waals surface area contributed by atoms with Gasteiger partial charge in [-0.15, -0.1) is 0 Å². The summed E-state index contributed by atoms with van der Waals surface area (Å²) in [5.41, 5.74) is 0.153. The number of ether oxygens (including phenoxy) is 1. The van der Waals surface area contributed by atoms with E-state index >= 15 is 0 Å². The van der Waals surface area contributed by atoms with Crippen LogP contribution in [-0.4, -0.2) is 68.3 Å². The number of amides is 4. The van der Waals surface area contributed by atoms with Gasteiger partial charge in [-0.25, -0.2) is 13.2 Å². The summed E-state index contributed by atoms with van der Waals surface area (Å²) in [5.74, 6) is -2.26. The summed E-state index contributed by atoms with van der Waals surface area (Å²) in [4.78, 5) is 48.2. The Morgan fingerprint density at radius 3 is 2.21 bits per heavy atom. The molecular formula is C22H32N4O7S. The Morgan fingerprint density at radius 1 is 1.06 bits per heavy atom. The maximum atomic E-state index is 12.5. The number of hydrogen-bond donors (Lipinski definition) is 3. The second-order valence-corrected chi connectivity index (χ2v) is 9.81. The summed E-state index contributed by atoms with van der Waals surface area (Å²) in [6.07, 6.45) is 2.54. The van der Waals surface area contributed by atoms with Crippen LogP contribution in [0, 0.1) is 0 Å². The highest BCUT2D eigenvalue weighted by Crippen LogP contribution is 2.17. The van der Waals surface area contributed by atoms with E-state index in [2.05, 4.69) is 16.0 Å². The van der Waals surface area contributed by atoms with Crippen LogP contribution in [0.5, 0.6) is 0 Å². The summed E-state index contributed by atoms with van der Waals surface area (Å²) in [6.45, 7) is 4.92. The molecule has 12 heteroatoms. The van der Waals surface area contributed by atoms with E-state index < -0.39 is 46.5 Å². The zero-order chi connectivity index (χ0) is 25.3. The lowest BCUT2D eigenvalue weighted by Gasteiger charge is -2.18. The smallest absolute Gasteiger partial charge is 0.326 e. The molecule has 1 aliphatic carbocycles. The predicted molar refractivity (Wildman–Crippen MR) is 123 cm³/mol. The first-order valence-electron chi connectivity index (χ1n) is 11.3. The minimum Gasteiger partial charge on any atom is -0.451 e. The highest BCUT2D eigenvalue weighted by molar-refractivity contribution is 7.89. The zero-order valence-electron chi connectivity index (χ0n) is 19.6. The van der Waals surface area contributed by atoms with Crippen LogP contribution in [0.15, 0.2) is 29.2 Å². The van der Waals surface area contributed by atoms with Gasteiger partial charge in [-0.05, 0) is 44.0 Å². The molecule has 3 N–H and O–H groups in total. The summed E-state index contributed by atoms with van der Waals surface area (Å²) in [6, 6.07) is 4.73. The number of carbonyl (C=O) groups is 4. The Bertz CT molecular complexity index is 985. The minimum absolute atomic E-state index is 0.0345. The van der Waals surface area contributed by atoms with E-state index in [1.165, 1.54) is 35.5 Å². The molecule has 1 aromatic carbocycles. The monoisotopic (exact) mass is 496 g/mol. The Hall–Kier alpha value is -2.99. The van der Waals surface area contributed by atoms with Gasteiger partial charge in [0.2, 0.25) is 10.0 Å². The Labute approximate surface area is 199 Å². The second-order valence-electron chi connectivity index (χ2n) is 7.87. The number of nitrogens with zero attached hydrogens (tertiary/aromatic N) is 1. The van der Waals surface area contributed by atoms with E-state index in [1.807, 2.05) is 0 Å². The fourth-order valence-electron chi connectivity index (χ4n) is 3.54. The van der Waals surface area contributed by atoms with E-state index in [9.17, 15) is 27.6 Å². The molecule has 4 amide bonds. The topological polar surface area (TPSA) is 151 Å². The van der Waals surface area contributed by atoms with Crippen molar-refractivity contribution in [3.8, 4) is 0 Å². The molecule has 1 unspecified atom stereocenters. The van der Waals surface area contributed by atoms with E-state index in [4.69, 9.17) is 4.74 Å². The Balaban J connectivity index is 1.81. The minimum atomic E-state index is -3.65. The molecule has 34 heavy (non-hydrogen) atoms. The number of carbonyl (C=O) groups excluding carboxylic acids is 4. The first-order valence-corrected chi connectivity index (χ1v) is 12.7. The van der Waals surface area contributed by atoms with Crippen LogP contribution in [0.2, 0.25) is 0 Å². The van der Waals surface area contributed by atoms with Crippen LogP contribution in [0.4, 0.5) is 4.79 Å². The average Bonchev–Trinajstić information content (AvgIpc) is 3.30. The number of benzene rings is 1. The van der Waals surface area contributed by atoms with Crippen molar-refractivity contribution in [2.45, 2.75) is 63.5 Å². The first kappa shape index (κ1) is 27.3. The summed E-state index contributed by atoms with van der Waals surface area (Å²) in [5, 5.41) is 7.17. The third kappa shape index (κ3) is 7.52. The maximum absolute atomic E-state index is 12.5. The van der Waals surface area contributed by atoms with Gasteiger partial charge in [0.15, 0.2) is 6.10 Å². The van der Waals surface area contributed by atoms with Crippen molar-refractivity contribution in [2.24, 2.45) is 0 Å². The number of nitrogens with one attached hydrogen (secondary N) is 3. The number of hydrogen-bond acceptors (Lipinski definition) is 7. The van der Waals surface area contributed by atoms with E-state index in [0.29, 0.717) is 13.1 Å². The maximum Gasteiger partial charge on any atom is 0.326 e. The van der Waals surface area contributed by atoms with Gasteiger partial charge >= 0.3 is 12.0 Å². The van der Waals surface area contributed by atoms with Crippen LogP contribution in [0.25, 0.3) is 0 Å². The van der Waals surface area contributed by atoms with E-state index in [0.717, 1.165) is 25.7 Å². The van der Waals surface area contributed by atoms with E-state index in [-0.39, 0.29) is 16.5 Å². The quantitative estimate of drug-likeness (QED) is 0.411. The number of urea groups is 1. The van der Waals surface area contributed by atoms with Crippen molar-refractivity contribution in [3.05, 3.63) is 29.8 Å². The SMILES string of the molecule is CCN(CC)S(=O)(=O)c1ccc(C(=O)NCC(=O)OC(C)C(=O)NC(=O)NC2CCCC2)cc1. The highest BCUT2D eigenvalue weighted by Gasteiger charge is 2.24. The molecule has 11 nitrogen and oxygen atoms in total. The first-order chi connectivity index (χ1) is 16.1. The molecule has 0 aromatic heterocycles. The number of imide groups is 1. The van der Waals surface area contributed by atoms with Crippen LogP contribution in [0.3, 0.4) is 0 Å². The third-order valence-electron chi connectivity index (χ3n) is 5.46. The summed E-state index contributed by atoms with van der Waals surface area (Å²) in [7, 11) is -3.65. The van der Waals surface area contributed by atoms with E-state index in [1.54, 1.807) is 13.8 Å². The Morgan fingerprint density at radius 2 is 1.65 bits per heavy atom. The van der Waals surface area contributed by atoms with Gasteiger partial charge in [0.25, 0.3) is 11.8 Å². The highest BCUT2D eigenvalue weighted by atomic mass is 32.2. The third-order valence-corrected chi connectivity index (χ3v) is 7.52. The molecule has 1 aliphatic rings. The second kappa shape index (κ2) is 12.5. The van der Waals surface area contributed by atoms with Gasteiger partial charge < -0.3 is 15.4 Å². The van der Waals surface area contributed by atoms with Crippen molar-refractivity contribution < 1.29 is 32.3 Å². The molecule has 0 radical (unpaired) electrons. The molecule has 1 fully saturated rings.